The second kappa shape index (κ2) is 7.97. The van der Waals surface area contributed by atoms with Gasteiger partial charge in [0.2, 0.25) is 5.91 Å². The lowest BCUT2D eigenvalue weighted by Crippen LogP contribution is -2.41. The summed E-state index contributed by atoms with van der Waals surface area (Å²) in [6, 6.07) is 6.64. The van der Waals surface area contributed by atoms with Crippen molar-refractivity contribution in [2.75, 3.05) is 33.4 Å². The maximum absolute atomic E-state index is 13.8. The number of methoxy groups -OCH3 is 1. The van der Waals surface area contributed by atoms with Crippen molar-refractivity contribution >= 4 is 5.91 Å². The van der Waals surface area contributed by atoms with E-state index in [9.17, 15) is 9.18 Å². The average molecular weight is 282 g/mol. The molecule has 0 unspecified atom stereocenters. The highest BCUT2D eigenvalue weighted by Gasteiger charge is 2.24. The third-order valence-corrected chi connectivity index (χ3v) is 3.10. The van der Waals surface area contributed by atoms with Crippen LogP contribution in [-0.4, -0.2) is 39.3 Å². The third kappa shape index (κ3) is 5.27. The normalized spacial score (nSPS) is 11.4. The molecule has 0 aliphatic rings. The molecule has 0 heterocycles. The number of amides is 1. The molecule has 0 saturated carbocycles. The van der Waals surface area contributed by atoms with Crippen LogP contribution >= 0.6 is 0 Å². The summed E-state index contributed by atoms with van der Waals surface area (Å²) in [4.78, 5) is 11.7. The highest BCUT2D eigenvalue weighted by Crippen LogP contribution is 2.24. The van der Waals surface area contributed by atoms with Crippen molar-refractivity contribution in [2.45, 2.75) is 19.3 Å². The highest BCUT2D eigenvalue weighted by atomic mass is 19.1. The molecule has 112 valence electrons. The summed E-state index contributed by atoms with van der Waals surface area (Å²) in [6.45, 7) is 5.62. The molecule has 0 saturated heterocycles. The second-order valence-corrected chi connectivity index (χ2v) is 5.31. The van der Waals surface area contributed by atoms with Crippen LogP contribution in [0.25, 0.3) is 0 Å². The van der Waals surface area contributed by atoms with Gasteiger partial charge in [0.1, 0.15) is 5.82 Å². The van der Waals surface area contributed by atoms with Gasteiger partial charge in [-0.1, -0.05) is 32.0 Å². The summed E-state index contributed by atoms with van der Waals surface area (Å²) in [5, 5.41) is 5.78. The van der Waals surface area contributed by atoms with Crippen LogP contribution in [0, 0.1) is 5.82 Å². The van der Waals surface area contributed by atoms with Crippen LogP contribution in [0.5, 0.6) is 0 Å². The number of ether oxygens (including phenoxy) is 1. The quantitative estimate of drug-likeness (QED) is 0.710. The van der Waals surface area contributed by atoms with Crippen LogP contribution < -0.4 is 10.6 Å². The predicted molar refractivity (Wildman–Crippen MR) is 77.2 cm³/mol. The minimum absolute atomic E-state index is 0.106. The van der Waals surface area contributed by atoms with Gasteiger partial charge in [-0.2, -0.15) is 0 Å². The van der Waals surface area contributed by atoms with Crippen LogP contribution in [0.15, 0.2) is 24.3 Å². The Morgan fingerprint density at radius 1 is 1.35 bits per heavy atom. The molecule has 0 fully saturated rings. The van der Waals surface area contributed by atoms with Gasteiger partial charge in [-0.05, 0) is 11.6 Å². The largest absolute Gasteiger partial charge is 0.383 e. The SMILES string of the molecule is COCCNCC(=O)NCC(C)(C)c1ccccc1F. The Hall–Kier alpha value is -1.46. The van der Waals surface area contributed by atoms with Gasteiger partial charge in [0.05, 0.1) is 13.2 Å². The lowest BCUT2D eigenvalue weighted by atomic mass is 9.84. The van der Waals surface area contributed by atoms with Gasteiger partial charge in [-0.15, -0.1) is 0 Å². The van der Waals surface area contributed by atoms with E-state index in [1.54, 1.807) is 25.3 Å². The van der Waals surface area contributed by atoms with Crippen molar-refractivity contribution in [3.8, 4) is 0 Å². The van der Waals surface area contributed by atoms with E-state index in [2.05, 4.69) is 10.6 Å². The lowest BCUT2D eigenvalue weighted by molar-refractivity contribution is -0.120. The Morgan fingerprint density at radius 2 is 2.05 bits per heavy atom. The lowest BCUT2D eigenvalue weighted by Gasteiger charge is -2.26. The Kier molecular flexibility index (Phi) is 6.61. The van der Waals surface area contributed by atoms with Gasteiger partial charge >= 0.3 is 0 Å². The maximum atomic E-state index is 13.8. The molecule has 2 N–H and O–H groups in total. The van der Waals surface area contributed by atoms with E-state index in [1.165, 1.54) is 6.07 Å². The van der Waals surface area contributed by atoms with Crippen molar-refractivity contribution < 1.29 is 13.9 Å². The fraction of sp³-hybridized carbons (Fsp3) is 0.533. The molecule has 0 atom stereocenters. The molecule has 0 aliphatic heterocycles. The Morgan fingerprint density at radius 3 is 2.70 bits per heavy atom. The van der Waals surface area contributed by atoms with Crippen LogP contribution in [0.3, 0.4) is 0 Å². The summed E-state index contributed by atoms with van der Waals surface area (Å²) in [5.41, 5.74) is 0.153. The molecule has 0 radical (unpaired) electrons. The summed E-state index contributed by atoms with van der Waals surface area (Å²) >= 11 is 0. The molecule has 1 aromatic carbocycles. The minimum Gasteiger partial charge on any atom is -0.383 e. The number of carbonyl (C=O) groups is 1. The summed E-state index contributed by atoms with van der Waals surface area (Å²) in [5.74, 6) is -0.351. The first-order valence-corrected chi connectivity index (χ1v) is 6.69. The molecule has 0 bridgehead atoms. The van der Waals surface area contributed by atoms with Crippen LogP contribution in [-0.2, 0) is 14.9 Å². The Labute approximate surface area is 119 Å². The highest BCUT2D eigenvalue weighted by molar-refractivity contribution is 5.78. The van der Waals surface area contributed by atoms with Gasteiger partial charge in [0, 0.05) is 25.6 Å². The topological polar surface area (TPSA) is 50.4 Å². The average Bonchev–Trinajstić information content (AvgIpc) is 2.42. The molecule has 0 aliphatic carbocycles. The number of hydrogen-bond acceptors (Lipinski definition) is 3. The van der Waals surface area contributed by atoms with Crippen molar-refractivity contribution in [3.05, 3.63) is 35.6 Å². The van der Waals surface area contributed by atoms with Gasteiger partial charge < -0.3 is 15.4 Å². The van der Waals surface area contributed by atoms with Crippen molar-refractivity contribution in [2.24, 2.45) is 0 Å². The third-order valence-electron chi connectivity index (χ3n) is 3.10. The van der Waals surface area contributed by atoms with Crippen LogP contribution in [0.4, 0.5) is 4.39 Å². The fourth-order valence-corrected chi connectivity index (χ4v) is 1.86. The van der Waals surface area contributed by atoms with Crippen LogP contribution in [0.2, 0.25) is 0 Å². The number of carbonyl (C=O) groups excluding carboxylic acids is 1. The summed E-state index contributed by atoms with van der Waals surface area (Å²) < 4.78 is 18.6. The number of nitrogens with one attached hydrogen (secondary N) is 2. The van der Waals surface area contributed by atoms with E-state index in [-0.39, 0.29) is 18.3 Å². The molecular weight excluding hydrogens is 259 g/mol. The van der Waals surface area contributed by atoms with Gasteiger partial charge in [0.25, 0.3) is 0 Å². The van der Waals surface area contributed by atoms with E-state index in [0.717, 1.165) is 0 Å². The first kappa shape index (κ1) is 16.6. The molecule has 5 heteroatoms. The van der Waals surface area contributed by atoms with E-state index >= 15 is 0 Å². The van der Waals surface area contributed by atoms with Crippen molar-refractivity contribution in [1.29, 1.82) is 0 Å². The van der Waals surface area contributed by atoms with E-state index in [1.807, 2.05) is 13.8 Å². The molecule has 1 aromatic rings. The second-order valence-electron chi connectivity index (χ2n) is 5.31. The molecular formula is C15H23FN2O2. The smallest absolute Gasteiger partial charge is 0.233 e. The van der Waals surface area contributed by atoms with E-state index in [4.69, 9.17) is 4.74 Å². The van der Waals surface area contributed by atoms with Gasteiger partial charge in [-0.3, -0.25) is 4.79 Å². The van der Waals surface area contributed by atoms with Crippen molar-refractivity contribution in [3.63, 3.8) is 0 Å². The molecule has 1 rings (SSSR count). The van der Waals surface area contributed by atoms with Gasteiger partial charge in [0.15, 0.2) is 0 Å². The molecule has 1 amide bonds. The number of halogens is 1. The first-order chi connectivity index (χ1) is 9.47. The molecule has 0 aromatic heterocycles. The first-order valence-electron chi connectivity index (χ1n) is 6.69. The minimum atomic E-state index is -0.451. The summed E-state index contributed by atoms with van der Waals surface area (Å²) in [6.07, 6.45) is 0. The Bertz CT molecular complexity index is 436. The zero-order chi connectivity index (χ0) is 15.0. The zero-order valence-corrected chi connectivity index (χ0v) is 12.3. The monoisotopic (exact) mass is 282 g/mol. The predicted octanol–water partition coefficient (Wildman–Crippen LogP) is 1.46. The fourth-order valence-electron chi connectivity index (χ4n) is 1.86. The van der Waals surface area contributed by atoms with E-state index < -0.39 is 5.41 Å². The maximum Gasteiger partial charge on any atom is 0.233 e. The zero-order valence-electron chi connectivity index (χ0n) is 12.3. The Balaban J connectivity index is 2.43. The standard InChI is InChI=1S/C15H23FN2O2/c1-15(2,12-6-4-5-7-13(12)16)11-18-14(19)10-17-8-9-20-3/h4-7,17H,8-11H2,1-3H3,(H,18,19). The van der Waals surface area contributed by atoms with Crippen molar-refractivity contribution in [1.82, 2.24) is 10.6 Å². The molecule has 20 heavy (non-hydrogen) atoms. The number of rotatable bonds is 8. The molecule has 4 nitrogen and oxygen atoms in total. The molecule has 0 spiro atoms. The van der Waals surface area contributed by atoms with E-state index in [0.29, 0.717) is 25.3 Å². The van der Waals surface area contributed by atoms with Crippen LogP contribution in [0.1, 0.15) is 19.4 Å². The number of benzene rings is 1. The summed E-state index contributed by atoms with van der Waals surface area (Å²) in [7, 11) is 1.61. The van der Waals surface area contributed by atoms with Gasteiger partial charge in [-0.25, -0.2) is 4.39 Å². The number of hydrogen-bond donors (Lipinski definition) is 2.